The van der Waals surface area contributed by atoms with Crippen molar-refractivity contribution < 1.29 is 18.3 Å². The van der Waals surface area contributed by atoms with Gasteiger partial charge in [0.15, 0.2) is 11.7 Å². The second-order valence-electron chi connectivity index (χ2n) is 6.01. The van der Waals surface area contributed by atoms with Gasteiger partial charge in [-0.1, -0.05) is 12.1 Å². The number of carbonyl (C=O) groups excluding carboxylic acids is 1. The number of ether oxygens (including phenoxy) is 1. The maximum Gasteiger partial charge on any atom is 0.220 e. The Hall–Kier alpha value is -2.21. The number of halogens is 1. The van der Waals surface area contributed by atoms with Gasteiger partial charge in [0.1, 0.15) is 5.82 Å². The van der Waals surface area contributed by atoms with Crippen LogP contribution < -0.4 is 5.32 Å². The zero-order valence-corrected chi connectivity index (χ0v) is 13.6. The summed E-state index contributed by atoms with van der Waals surface area (Å²) in [6.07, 6.45) is 4.25. The summed E-state index contributed by atoms with van der Waals surface area (Å²) in [7, 11) is 0. The van der Waals surface area contributed by atoms with Crippen molar-refractivity contribution in [1.29, 1.82) is 0 Å². The molecule has 1 fully saturated rings. The van der Waals surface area contributed by atoms with Crippen molar-refractivity contribution in [3.63, 3.8) is 0 Å². The normalized spacial score (nSPS) is 18.5. The molecule has 0 spiro atoms. The lowest BCUT2D eigenvalue weighted by Gasteiger charge is -2.19. The molecule has 1 aliphatic rings. The first kappa shape index (κ1) is 16.6. The van der Waals surface area contributed by atoms with E-state index in [0.717, 1.165) is 19.4 Å². The Bertz CT molecular complexity index is 695. The van der Waals surface area contributed by atoms with Gasteiger partial charge in [-0.05, 0) is 31.9 Å². The standard InChI is InChI=1S/C18H21FN2O3/c1-12(15-7-4-10-23-15)21-17(22)8-9-18-20-11-16(24-18)13-5-2-3-6-14(13)19/h2-3,5-6,11-12,15H,4,7-10H2,1H3,(H,21,22). The molecule has 1 aliphatic heterocycles. The Morgan fingerprint density at radius 1 is 1.46 bits per heavy atom. The largest absolute Gasteiger partial charge is 0.441 e. The molecule has 1 aromatic carbocycles. The Kier molecular flexibility index (Phi) is 5.25. The van der Waals surface area contributed by atoms with E-state index in [1.807, 2.05) is 6.92 Å². The van der Waals surface area contributed by atoms with Gasteiger partial charge in [-0.2, -0.15) is 0 Å². The van der Waals surface area contributed by atoms with Gasteiger partial charge in [-0.15, -0.1) is 0 Å². The predicted molar refractivity (Wildman–Crippen MR) is 86.8 cm³/mol. The Balaban J connectivity index is 1.52. The molecule has 2 atom stereocenters. The molecule has 5 nitrogen and oxygen atoms in total. The number of nitrogens with one attached hydrogen (secondary N) is 1. The van der Waals surface area contributed by atoms with Crippen LogP contribution in [0.15, 0.2) is 34.9 Å². The molecule has 6 heteroatoms. The van der Waals surface area contributed by atoms with Gasteiger partial charge >= 0.3 is 0 Å². The number of rotatable bonds is 6. The summed E-state index contributed by atoms with van der Waals surface area (Å²) in [5.74, 6) is 0.372. The van der Waals surface area contributed by atoms with E-state index in [1.165, 1.54) is 12.3 Å². The van der Waals surface area contributed by atoms with Crippen molar-refractivity contribution in [3.8, 4) is 11.3 Å². The number of hydrogen-bond acceptors (Lipinski definition) is 4. The first-order valence-electron chi connectivity index (χ1n) is 8.24. The highest BCUT2D eigenvalue weighted by Crippen LogP contribution is 2.23. The van der Waals surface area contributed by atoms with E-state index >= 15 is 0 Å². The molecule has 0 bridgehead atoms. The van der Waals surface area contributed by atoms with Crippen LogP contribution in [0, 0.1) is 5.82 Å². The molecule has 2 unspecified atom stereocenters. The van der Waals surface area contributed by atoms with Crippen molar-refractivity contribution in [1.82, 2.24) is 10.3 Å². The van der Waals surface area contributed by atoms with E-state index in [0.29, 0.717) is 23.6 Å². The smallest absolute Gasteiger partial charge is 0.220 e. The van der Waals surface area contributed by atoms with Crippen LogP contribution in [0.2, 0.25) is 0 Å². The van der Waals surface area contributed by atoms with Gasteiger partial charge in [-0.3, -0.25) is 4.79 Å². The highest BCUT2D eigenvalue weighted by atomic mass is 19.1. The zero-order valence-electron chi connectivity index (χ0n) is 13.6. The fourth-order valence-corrected chi connectivity index (χ4v) is 2.85. The van der Waals surface area contributed by atoms with Crippen LogP contribution in [0.3, 0.4) is 0 Å². The third kappa shape index (κ3) is 4.00. The summed E-state index contributed by atoms with van der Waals surface area (Å²) in [5, 5.41) is 2.95. The number of benzene rings is 1. The molecule has 24 heavy (non-hydrogen) atoms. The second kappa shape index (κ2) is 7.57. The minimum absolute atomic E-state index is 0.00136. The third-order valence-corrected chi connectivity index (χ3v) is 4.17. The van der Waals surface area contributed by atoms with Crippen LogP contribution in [-0.2, 0) is 16.0 Å². The van der Waals surface area contributed by atoms with E-state index in [9.17, 15) is 9.18 Å². The molecule has 2 heterocycles. The van der Waals surface area contributed by atoms with Crippen molar-refractivity contribution in [3.05, 3.63) is 42.2 Å². The number of oxazole rings is 1. The van der Waals surface area contributed by atoms with Gasteiger partial charge in [0.25, 0.3) is 0 Å². The average molecular weight is 332 g/mol. The highest BCUT2D eigenvalue weighted by molar-refractivity contribution is 5.76. The summed E-state index contributed by atoms with van der Waals surface area (Å²) in [6, 6.07) is 6.36. The molecule has 1 N–H and O–H groups in total. The van der Waals surface area contributed by atoms with Crippen LogP contribution in [0.25, 0.3) is 11.3 Å². The number of amides is 1. The average Bonchev–Trinajstić information content (AvgIpc) is 3.25. The minimum Gasteiger partial charge on any atom is -0.441 e. The molecular weight excluding hydrogens is 311 g/mol. The van der Waals surface area contributed by atoms with Crippen LogP contribution in [0.5, 0.6) is 0 Å². The van der Waals surface area contributed by atoms with E-state index in [1.54, 1.807) is 18.2 Å². The van der Waals surface area contributed by atoms with E-state index in [-0.39, 0.29) is 30.3 Å². The summed E-state index contributed by atoms with van der Waals surface area (Å²) in [6.45, 7) is 2.72. The SMILES string of the molecule is CC(NC(=O)CCc1ncc(-c2ccccc2F)o1)C1CCCO1. The molecule has 2 aromatic rings. The number of hydrogen-bond donors (Lipinski definition) is 1. The topological polar surface area (TPSA) is 64.4 Å². The lowest BCUT2D eigenvalue weighted by Crippen LogP contribution is -2.40. The first-order chi connectivity index (χ1) is 11.6. The molecule has 0 radical (unpaired) electrons. The van der Waals surface area contributed by atoms with Crippen molar-refractivity contribution >= 4 is 5.91 Å². The Morgan fingerprint density at radius 3 is 3.04 bits per heavy atom. The molecule has 3 rings (SSSR count). The zero-order chi connectivity index (χ0) is 16.9. The number of carbonyl (C=O) groups is 1. The van der Waals surface area contributed by atoms with Gasteiger partial charge in [-0.25, -0.2) is 9.37 Å². The second-order valence-corrected chi connectivity index (χ2v) is 6.01. The first-order valence-corrected chi connectivity index (χ1v) is 8.24. The van der Waals surface area contributed by atoms with Gasteiger partial charge < -0.3 is 14.5 Å². The highest BCUT2D eigenvalue weighted by Gasteiger charge is 2.23. The van der Waals surface area contributed by atoms with E-state index in [4.69, 9.17) is 9.15 Å². The molecule has 0 aliphatic carbocycles. The molecular formula is C18H21FN2O3. The minimum atomic E-state index is -0.358. The van der Waals surface area contributed by atoms with Crippen molar-refractivity contribution in [2.45, 2.75) is 44.8 Å². The molecule has 1 amide bonds. The fraction of sp³-hybridized carbons (Fsp3) is 0.444. The lowest BCUT2D eigenvalue weighted by atomic mass is 10.1. The van der Waals surface area contributed by atoms with Crippen LogP contribution in [0.4, 0.5) is 4.39 Å². The summed E-state index contributed by atoms with van der Waals surface area (Å²) in [5.41, 5.74) is 0.368. The van der Waals surface area contributed by atoms with Gasteiger partial charge in [0.2, 0.25) is 5.91 Å². The summed E-state index contributed by atoms with van der Waals surface area (Å²) >= 11 is 0. The van der Waals surface area contributed by atoms with E-state index in [2.05, 4.69) is 10.3 Å². The van der Waals surface area contributed by atoms with E-state index < -0.39 is 0 Å². The van der Waals surface area contributed by atoms with Crippen molar-refractivity contribution in [2.24, 2.45) is 0 Å². The maximum absolute atomic E-state index is 13.7. The fourth-order valence-electron chi connectivity index (χ4n) is 2.85. The molecule has 1 aromatic heterocycles. The Labute approximate surface area is 140 Å². The number of aromatic nitrogens is 1. The summed E-state index contributed by atoms with van der Waals surface area (Å²) < 4.78 is 24.8. The monoisotopic (exact) mass is 332 g/mol. The molecule has 0 saturated carbocycles. The maximum atomic E-state index is 13.7. The predicted octanol–water partition coefficient (Wildman–Crippen LogP) is 3.10. The number of aryl methyl sites for hydroxylation is 1. The quantitative estimate of drug-likeness (QED) is 0.883. The Morgan fingerprint density at radius 2 is 2.29 bits per heavy atom. The molecule has 128 valence electrons. The number of nitrogens with zero attached hydrogens (tertiary/aromatic N) is 1. The molecule has 1 saturated heterocycles. The summed E-state index contributed by atoms with van der Waals surface area (Å²) in [4.78, 5) is 16.1. The van der Waals surface area contributed by atoms with Crippen LogP contribution in [0.1, 0.15) is 32.1 Å². The van der Waals surface area contributed by atoms with Gasteiger partial charge in [0, 0.05) is 19.4 Å². The lowest BCUT2D eigenvalue weighted by molar-refractivity contribution is -0.122. The van der Waals surface area contributed by atoms with Gasteiger partial charge in [0.05, 0.1) is 23.9 Å². The third-order valence-electron chi connectivity index (χ3n) is 4.17. The van der Waals surface area contributed by atoms with Crippen LogP contribution in [-0.4, -0.2) is 29.6 Å². The van der Waals surface area contributed by atoms with Crippen LogP contribution >= 0.6 is 0 Å². The van der Waals surface area contributed by atoms with Crippen molar-refractivity contribution in [2.75, 3.05) is 6.61 Å².